The topological polar surface area (TPSA) is 96.6 Å². The van der Waals surface area contributed by atoms with Gasteiger partial charge in [-0.05, 0) is 44.2 Å². The van der Waals surface area contributed by atoms with Crippen molar-refractivity contribution in [3.05, 3.63) is 59.2 Å². The predicted octanol–water partition coefficient (Wildman–Crippen LogP) is 3.42. The third-order valence-corrected chi connectivity index (χ3v) is 4.46. The average Bonchev–Trinajstić information content (AvgIpc) is 2.91. The summed E-state index contributed by atoms with van der Waals surface area (Å²) >= 11 is 0. The van der Waals surface area contributed by atoms with Crippen LogP contribution in [0.3, 0.4) is 0 Å². The number of nitrogens with zero attached hydrogens (tertiary/aromatic N) is 3. The first kappa shape index (κ1) is 20.4. The zero-order valence-corrected chi connectivity index (χ0v) is 16.2. The van der Waals surface area contributed by atoms with Gasteiger partial charge in [0.1, 0.15) is 23.1 Å². The van der Waals surface area contributed by atoms with E-state index in [0.29, 0.717) is 42.3 Å². The van der Waals surface area contributed by atoms with E-state index in [-0.39, 0.29) is 12.3 Å². The number of halogens is 1. The summed E-state index contributed by atoms with van der Waals surface area (Å²) in [6.45, 7) is 4.72. The van der Waals surface area contributed by atoms with Gasteiger partial charge < -0.3 is 14.8 Å². The standard InChI is InChI=1S/C21H21FN4O3/c1-3-29-19-8-9-28-13-21(2,26-19)16-10-15(5-6-17(16)22)25-20(27)18-7-4-14(11-23)12-24-18/h4-7,10,12H,3,8-9,13H2,1-2H3,(H,25,27). The van der Waals surface area contributed by atoms with Crippen molar-refractivity contribution in [1.29, 1.82) is 5.26 Å². The Labute approximate surface area is 168 Å². The lowest BCUT2D eigenvalue weighted by Gasteiger charge is -2.25. The molecule has 1 unspecified atom stereocenters. The second kappa shape index (κ2) is 8.80. The Morgan fingerprint density at radius 3 is 2.93 bits per heavy atom. The second-order valence-corrected chi connectivity index (χ2v) is 6.71. The summed E-state index contributed by atoms with van der Waals surface area (Å²) in [6, 6.07) is 9.19. The summed E-state index contributed by atoms with van der Waals surface area (Å²) in [6.07, 6.45) is 1.84. The molecule has 0 saturated carbocycles. The monoisotopic (exact) mass is 396 g/mol. The molecule has 150 valence electrons. The average molecular weight is 396 g/mol. The number of rotatable bonds is 4. The molecule has 1 N–H and O–H groups in total. The molecule has 1 aliphatic heterocycles. The minimum absolute atomic E-state index is 0.149. The highest BCUT2D eigenvalue weighted by atomic mass is 19.1. The highest BCUT2D eigenvalue weighted by Gasteiger charge is 2.33. The maximum atomic E-state index is 14.7. The van der Waals surface area contributed by atoms with Crippen molar-refractivity contribution in [2.45, 2.75) is 25.8 Å². The van der Waals surface area contributed by atoms with E-state index in [1.807, 2.05) is 13.0 Å². The van der Waals surface area contributed by atoms with E-state index in [2.05, 4.69) is 15.3 Å². The lowest BCUT2D eigenvalue weighted by atomic mass is 9.92. The van der Waals surface area contributed by atoms with Crippen molar-refractivity contribution >= 4 is 17.5 Å². The van der Waals surface area contributed by atoms with Crippen molar-refractivity contribution < 1.29 is 18.7 Å². The summed E-state index contributed by atoms with van der Waals surface area (Å²) < 4.78 is 25.8. The smallest absolute Gasteiger partial charge is 0.274 e. The van der Waals surface area contributed by atoms with E-state index < -0.39 is 17.3 Å². The highest BCUT2D eigenvalue weighted by Crippen LogP contribution is 2.32. The fraction of sp³-hybridized carbons (Fsp3) is 0.333. The maximum Gasteiger partial charge on any atom is 0.274 e. The molecule has 1 aromatic heterocycles. The molecule has 0 aliphatic carbocycles. The number of pyridine rings is 1. The van der Waals surface area contributed by atoms with Crippen LogP contribution in [0.1, 0.15) is 41.9 Å². The SMILES string of the molecule is CCOC1=NC(C)(c2cc(NC(=O)c3ccc(C#N)cn3)ccc2F)COCC1. The molecule has 8 heteroatoms. The summed E-state index contributed by atoms with van der Waals surface area (Å²) in [7, 11) is 0. The number of anilines is 1. The van der Waals surface area contributed by atoms with Gasteiger partial charge in [0.05, 0.1) is 25.4 Å². The summed E-state index contributed by atoms with van der Waals surface area (Å²) in [5.74, 6) is -0.400. The Bertz CT molecular complexity index is 969. The number of ether oxygens (including phenoxy) is 2. The number of nitrogens with one attached hydrogen (secondary N) is 1. The minimum Gasteiger partial charge on any atom is -0.481 e. The van der Waals surface area contributed by atoms with Crippen LogP contribution in [0.2, 0.25) is 0 Å². The van der Waals surface area contributed by atoms with E-state index in [9.17, 15) is 9.18 Å². The molecule has 7 nitrogen and oxygen atoms in total. The second-order valence-electron chi connectivity index (χ2n) is 6.71. The molecule has 1 aliphatic rings. The Morgan fingerprint density at radius 1 is 1.41 bits per heavy atom. The van der Waals surface area contributed by atoms with Gasteiger partial charge in [-0.3, -0.25) is 4.79 Å². The van der Waals surface area contributed by atoms with Gasteiger partial charge >= 0.3 is 0 Å². The number of hydrogen-bond acceptors (Lipinski definition) is 6. The Morgan fingerprint density at radius 2 is 2.24 bits per heavy atom. The lowest BCUT2D eigenvalue weighted by Crippen LogP contribution is -2.28. The third-order valence-electron chi connectivity index (χ3n) is 4.46. The number of carbonyl (C=O) groups is 1. The zero-order chi connectivity index (χ0) is 20.9. The van der Waals surface area contributed by atoms with E-state index >= 15 is 0 Å². The number of nitriles is 1. The van der Waals surface area contributed by atoms with Gasteiger partial charge in [0.25, 0.3) is 5.91 Å². The van der Waals surface area contributed by atoms with Gasteiger partial charge in [-0.15, -0.1) is 0 Å². The molecule has 1 atom stereocenters. The molecule has 2 aromatic rings. The van der Waals surface area contributed by atoms with Crippen molar-refractivity contribution in [1.82, 2.24) is 4.98 Å². The van der Waals surface area contributed by atoms with Gasteiger partial charge in [-0.2, -0.15) is 5.26 Å². The maximum absolute atomic E-state index is 14.7. The summed E-state index contributed by atoms with van der Waals surface area (Å²) in [5, 5.41) is 11.5. The molecule has 2 heterocycles. The first-order valence-corrected chi connectivity index (χ1v) is 9.22. The Hall–Kier alpha value is -3.31. The van der Waals surface area contributed by atoms with Crippen LogP contribution in [-0.2, 0) is 15.0 Å². The fourth-order valence-corrected chi connectivity index (χ4v) is 3.01. The number of hydrogen-bond donors (Lipinski definition) is 1. The van der Waals surface area contributed by atoms with Crippen molar-refractivity contribution in [3.63, 3.8) is 0 Å². The van der Waals surface area contributed by atoms with Crippen LogP contribution in [0.4, 0.5) is 10.1 Å². The number of aromatic nitrogens is 1. The van der Waals surface area contributed by atoms with Crippen molar-refractivity contribution in [2.24, 2.45) is 4.99 Å². The van der Waals surface area contributed by atoms with Crippen LogP contribution >= 0.6 is 0 Å². The lowest BCUT2D eigenvalue weighted by molar-refractivity contribution is 0.101. The van der Waals surface area contributed by atoms with Gasteiger partial charge in [0.2, 0.25) is 0 Å². The predicted molar refractivity (Wildman–Crippen MR) is 105 cm³/mol. The number of aliphatic imine (C=N–C) groups is 1. The third kappa shape index (κ3) is 4.76. The molecule has 0 spiro atoms. The number of amides is 1. The molecule has 3 rings (SSSR count). The van der Waals surface area contributed by atoms with Crippen LogP contribution in [-0.4, -0.2) is 36.6 Å². The molecular weight excluding hydrogens is 375 g/mol. The van der Waals surface area contributed by atoms with Crippen LogP contribution < -0.4 is 5.32 Å². The van der Waals surface area contributed by atoms with Gasteiger partial charge in [-0.25, -0.2) is 14.4 Å². The molecule has 1 aromatic carbocycles. The van der Waals surface area contributed by atoms with Crippen LogP contribution in [0.5, 0.6) is 0 Å². The summed E-state index contributed by atoms with van der Waals surface area (Å²) in [4.78, 5) is 21.0. The van der Waals surface area contributed by atoms with Crippen molar-refractivity contribution in [3.8, 4) is 6.07 Å². The molecule has 29 heavy (non-hydrogen) atoms. The zero-order valence-electron chi connectivity index (χ0n) is 16.2. The van der Waals surface area contributed by atoms with E-state index in [4.69, 9.17) is 14.7 Å². The fourth-order valence-electron chi connectivity index (χ4n) is 3.01. The minimum atomic E-state index is -0.988. The molecule has 0 bridgehead atoms. The van der Waals surface area contributed by atoms with Crippen molar-refractivity contribution in [2.75, 3.05) is 25.1 Å². The van der Waals surface area contributed by atoms with E-state index in [1.165, 1.54) is 30.5 Å². The molecule has 0 radical (unpaired) electrons. The molecular formula is C21H21FN4O3. The van der Waals surface area contributed by atoms with Crippen LogP contribution in [0.25, 0.3) is 0 Å². The quantitative estimate of drug-likeness (QED) is 0.854. The first-order chi connectivity index (χ1) is 13.9. The largest absolute Gasteiger partial charge is 0.481 e. The van der Waals surface area contributed by atoms with Gasteiger partial charge in [-0.1, -0.05) is 0 Å². The first-order valence-electron chi connectivity index (χ1n) is 9.22. The van der Waals surface area contributed by atoms with E-state index in [0.717, 1.165) is 0 Å². The van der Waals surface area contributed by atoms with Gasteiger partial charge in [0, 0.05) is 23.9 Å². The highest BCUT2D eigenvalue weighted by molar-refractivity contribution is 6.02. The van der Waals surface area contributed by atoms with Crippen LogP contribution in [0.15, 0.2) is 41.5 Å². The van der Waals surface area contributed by atoms with E-state index in [1.54, 1.807) is 13.0 Å². The van der Waals surface area contributed by atoms with Gasteiger partial charge in [0.15, 0.2) is 5.90 Å². The van der Waals surface area contributed by atoms with Crippen LogP contribution in [0, 0.1) is 17.1 Å². The Balaban J connectivity index is 1.88. The number of carbonyl (C=O) groups excluding carboxylic acids is 1. The summed E-state index contributed by atoms with van der Waals surface area (Å²) in [5.41, 5.74) is 0.210. The number of benzene rings is 1. The molecule has 0 fully saturated rings. The molecule has 0 saturated heterocycles. The Kier molecular flexibility index (Phi) is 6.20. The normalized spacial score (nSPS) is 18.9. The molecule has 1 amide bonds.